The minimum Gasteiger partial charge on any atom is -0.343 e. The lowest BCUT2D eigenvalue weighted by atomic mass is 10.4. The van der Waals surface area contributed by atoms with Crippen molar-refractivity contribution in [3.8, 4) is 0 Å². The van der Waals surface area contributed by atoms with Gasteiger partial charge in [0.2, 0.25) is 0 Å². The van der Waals surface area contributed by atoms with Crippen LogP contribution in [0.2, 0.25) is 0 Å². The Bertz CT molecular complexity index is 882. The standard InChI is InChI=1S/C24H24N2P/c1-2-20-18-25-24(26-20)19-27(21-12-6-3-7-13-21,22-14-8-4-9-15-22)23-16-10-5-11-17-23/h3-18H,2,19H2,1H3,(H,25,26)/q+1. The largest absolute Gasteiger partial charge is 0.343 e. The first-order valence-electron chi connectivity index (χ1n) is 9.40. The molecule has 0 saturated heterocycles. The summed E-state index contributed by atoms with van der Waals surface area (Å²) in [6.45, 7) is 2.16. The minimum atomic E-state index is -1.87. The van der Waals surface area contributed by atoms with E-state index in [-0.39, 0.29) is 0 Å². The van der Waals surface area contributed by atoms with Gasteiger partial charge in [-0.05, 0) is 42.8 Å². The van der Waals surface area contributed by atoms with E-state index in [0.29, 0.717) is 0 Å². The Morgan fingerprint density at radius 3 is 1.52 bits per heavy atom. The van der Waals surface area contributed by atoms with Crippen LogP contribution in [-0.2, 0) is 12.6 Å². The highest BCUT2D eigenvalue weighted by Gasteiger charge is 2.46. The van der Waals surface area contributed by atoms with Gasteiger partial charge in [-0.2, -0.15) is 0 Å². The molecule has 0 amide bonds. The molecule has 0 unspecified atom stereocenters. The number of aromatic nitrogens is 2. The summed E-state index contributed by atoms with van der Waals surface area (Å²) in [6, 6.07) is 32.8. The third kappa shape index (κ3) is 3.46. The number of hydrogen-bond acceptors (Lipinski definition) is 1. The predicted octanol–water partition coefficient (Wildman–Crippen LogP) is 4.47. The zero-order valence-electron chi connectivity index (χ0n) is 15.5. The van der Waals surface area contributed by atoms with Gasteiger partial charge in [0.25, 0.3) is 0 Å². The molecule has 3 aromatic carbocycles. The summed E-state index contributed by atoms with van der Waals surface area (Å²) < 4.78 is 0. The molecule has 4 aromatic rings. The van der Waals surface area contributed by atoms with Gasteiger partial charge in [-0.3, -0.25) is 0 Å². The second kappa shape index (κ2) is 7.90. The van der Waals surface area contributed by atoms with Crippen molar-refractivity contribution in [1.82, 2.24) is 9.97 Å². The van der Waals surface area contributed by atoms with Crippen molar-refractivity contribution < 1.29 is 0 Å². The van der Waals surface area contributed by atoms with Gasteiger partial charge in [-0.25, -0.2) is 4.98 Å². The fourth-order valence-corrected chi connectivity index (χ4v) is 7.75. The van der Waals surface area contributed by atoms with Crippen LogP contribution in [0, 0.1) is 0 Å². The Kier molecular flexibility index (Phi) is 5.18. The first kappa shape index (κ1) is 17.7. The summed E-state index contributed by atoms with van der Waals surface area (Å²) in [5, 5.41) is 4.16. The summed E-state index contributed by atoms with van der Waals surface area (Å²) in [6.07, 6.45) is 3.84. The summed E-state index contributed by atoms with van der Waals surface area (Å²) >= 11 is 0. The van der Waals surface area contributed by atoms with E-state index < -0.39 is 7.26 Å². The Labute approximate surface area is 161 Å². The molecular formula is C24H24N2P+. The smallest absolute Gasteiger partial charge is 0.145 e. The van der Waals surface area contributed by atoms with Crippen LogP contribution in [0.25, 0.3) is 0 Å². The number of benzene rings is 3. The van der Waals surface area contributed by atoms with Gasteiger partial charge in [0.05, 0.1) is 0 Å². The Morgan fingerprint density at radius 2 is 1.15 bits per heavy atom. The Hall–Kier alpha value is -2.70. The molecule has 0 radical (unpaired) electrons. The SMILES string of the molecule is CCc1cnc(C[P+](c2ccccc2)(c2ccccc2)c2ccccc2)[nH]1. The van der Waals surface area contributed by atoms with Crippen molar-refractivity contribution in [2.45, 2.75) is 19.5 Å². The molecule has 0 spiro atoms. The Balaban J connectivity index is 1.97. The van der Waals surface area contributed by atoms with Crippen LogP contribution in [0.3, 0.4) is 0 Å². The molecule has 0 atom stereocenters. The van der Waals surface area contributed by atoms with Gasteiger partial charge >= 0.3 is 0 Å². The van der Waals surface area contributed by atoms with Gasteiger partial charge < -0.3 is 4.98 Å². The third-order valence-corrected chi connectivity index (χ3v) is 9.35. The molecule has 0 saturated carbocycles. The fourth-order valence-electron chi connectivity index (χ4n) is 3.66. The molecular weight excluding hydrogens is 347 g/mol. The zero-order chi connectivity index (χ0) is 18.5. The van der Waals surface area contributed by atoms with E-state index in [1.54, 1.807) is 0 Å². The molecule has 134 valence electrons. The first-order chi connectivity index (χ1) is 13.3. The highest BCUT2D eigenvalue weighted by Crippen LogP contribution is 2.57. The maximum absolute atomic E-state index is 4.72. The van der Waals surface area contributed by atoms with Crippen LogP contribution >= 0.6 is 7.26 Å². The van der Waals surface area contributed by atoms with Gasteiger partial charge in [0, 0.05) is 11.9 Å². The molecule has 3 heteroatoms. The number of imidazole rings is 1. The van der Waals surface area contributed by atoms with E-state index in [1.807, 2.05) is 6.20 Å². The van der Waals surface area contributed by atoms with Crippen molar-refractivity contribution >= 4 is 23.2 Å². The van der Waals surface area contributed by atoms with E-state index in [0.717, 1.165) is 18.4 Å². The van der Waals surface area contributed by atoms with Crippen molar-refractivity contribution in [3.63, 3.8) is 0 Å². The van der Waals surface area contributed by atoms with E-state index >= 15 is 0 Å². The second-order valence-electron chi connectivity index (χ2n) is 6.68. The zero-order valence-corrected chi connectivity index (χ0v) is 16.4. The molecule has 2 nitrogen and oxygen atoms in total. The number of nitrogens with one attached hydrogen (secondary N) is 1. The molecule has 0 fully saturated rings. The number of H-pyrrole nitrogens is 1. The lowest BCUT2D eigenvalue weighted by Gasteiger charge is -2.26. The van der Waals surface area contributed by atoms with E-state index in [2.05, 4.69) is 103 Å². The van der Waals surface area contributed by atoms with E-state index in [9.17, 15) is 0 Å². The highest BCUT2D eigenvalue weighted by molar-refractivity contribution is 7.95. The van der Waals surface area contributed by atoms with Crippen molar-refractivity contribution in [2.24, 2.45) is 0 Å². The van der Waals surface area contributed by atoms with E-state index in [4.69, 9.17) is 4.98 Å². The van der Waals surface area contributed by atoms with Crippen LogP contribution in [0.5, 0.6) is 0 Å². The van der Waals surface area contributed by atoms with Gasteiger partial charge in [-0.15, -0.1) is 0 Å². The van der Waals surface area contributed by atoms with Crippen LogP contribution in [-0.4, -0.2) is 9.97 Å². The van der Waals surface area contributed by atoms with Crippen LogP contribution in [0.4, 0.5) is 0 Å². The van der Waals surface area contributed by atoms with Crippen LogP contribution in [0.15, 0.2) is 97.2 Å². The number of hydrogen-bond donors (Lipinski definition) is 1. The van der Waals surface area contributed by atoms with Crippen LogP contribution in [0.1, 0.15) is 18.4 Å². The van der Waals surface area contributed by atoms with E-state index in [1.165, 1.54) is 21.6 Å². The Morgan fingerprint density at radius 1 is 0.704 bits per heavy atom. The lowest BCUT2D eigenvalue weighted by Crippen LogP contribution is -2.32. The molecule has 0 aliphatic rings. The fraction of sp³-hybridized carbons (Fsp3) is 0.125. The molecule has 1 aromatic heterocycles. The molecule has 1 N–H and O–H groups in total. The molecule has 0 aliphatic carbocycles. The highest BCUT2D eigenvalue weighted by atomic mass is 31.2. The number of aryl methyl sites for hydroxylation is 1. The van der Waals surface area contributed by atoms with Gasteiger partial charge in [0.15, 0.2) is 0 Å². The monoisotopic (exact) mass is 371 g/mol. The van der Waals surface area contributed by atoms with Crippen molar-refractivity contribution in [3.05, 3.63) is 109 Å². The quantitative estimate of drug-likeness (QED) is 0.498. The average molecular weight is 371 g/mol. The maximum atomic E-state index is 4.72. The molecule has 0 aliphatic heterocycles. The van der Waals surface area contributed by atoms with Gasteiger partial charge in [-0.1, -0.05) is 61.5 Å². The molecule has 4 rings (SSSR count). The van der Waals surface area contributed by atoms with Gasteiger partial charge in [0.1, 0.15) is 35.2 Å². The molecule has 27 heavy (non-hydrogen) atoms. The number of rotatable bonds is 6. The third-order valence-electron chi connectivity index (χ3n) is 5.04. The topological polar surface area (TPSA) is 28.7 Å². The van der Waals surface area contributed by atoms with Crippen molar-refractivity contribution in [1.29, 1.82) is 0 Å². The predicted molar refractivity (Wildman–Crippen MR) is 117 cm³/mol. The summed E-state index contributed by atoms with van der Waals surface area (Å²) in [5.74, 6) is 1.07. The second-order valence-corrected chi connectivity index (χ2v) is 10.2. The van der Waals surface area contributed by atoms with Crippen molar-refractivity contribution in [2.75, 3.05) is 0 Å². The first-order valence-corrected chi connectivity index (χ1v) is 11.4. The minimum absolute atomic E-state index is 0.894. The molecule has 1 heterocycles. The average Bonchev–Trinajstić information content (AvgIpc) is 3.21. The number of nitrogens with zero attached hydrogens (tertiary/aromatic N) is 1. The summed E-state index contributed by atoms with van der Waals surface area (Å²) in [7, 11) is -1.87. The number of aromatic amines is 1. The normalized spacial score (nSPS) is 11.4. The molecule has 0 bridgehead atoms. The maximum Gasteiger partial charge on any atom is 0.145 e. The lowest BCUT2D eigenvalue weighted by molar-refractivity contribution is 1.03. The summed E-state index contributed by atoms with van der Waals surface area (Å²) in [5.41, 5.74) is 1.19. The summed E-state index contributed by atoms with van der Waals surface area (Å²) in [4.78, 5) is 8.26. The van der Waals surface area contributed by atoms with Crippen LogP contribution < -0.4 is 15.9 Å².